The van der Waals surface area contributed by atoms with Crippen LogP contribution in [0.2, 0.25) is 0 Å². The van der Waals surface area contributed by atoms with Crippen LogP contribution in [0.5, 0.6) is 0 Å². The molecule has 0 spiro atoms. The number of benzene rings is 2. The Morgan fingerprint density at radius 2 is 1.70 bits per heavy atom. The zero-order chi connectivity index (χ0) is 14.3. The second-order valence-corrected chi connectivity index (χ2v) is 6.14. The van der Waals surface area contributed by atoms with Crippen LogP contribution in [0.15, 0.2) is 46.9 Å². The Bertz CT molecular complexity index is 607. The van der Waals surface area contributed by atoms with E-state index in [0.717, 1.165) is 6.42 Å². The third-order valence-corrected chi connectivity index (χ3v) is 4.36. The second-order valence-electron chi connectivity index (χ2n) is 5.23. The molecule has 3 atom stereocenters. The molecule has 0 aromatic heterocycles. The molecule has 1 nitrogen and oxygen atoms in total. The molecule has 2 aromatic carbocycles. The van der Waals surface area contributed by atoms with Crippen molar-refractivity contribution in [2.24, 2.45) is 11.7 Å². The van der Waals surface area contributed by atoms with Crippen LogP contribution in [0.3, 0.4) is 0 Å². The summed E-state index contributed by atoms with van der Waals surface area (Å²) in [6, 6.07) is 11.9. The van der Waals surface area contributed by atoms with Gasteiger partial charge in [-0.05, 0) is 36.0 Å². The van der Waals surface area contributed by atoms with E-state index >= 15 is 0 Å². The van der Waals surface area contributed by atoms with Crippen LogP contribution >= 0.6 is 15.9 Å². The number of hydrogen-bond acceptors (Lipinski definition) is 1. The first-order chi connectivity index (χ1) is 9.58. The van der Waals surface area contributed by atoms with Crippen LogP contribution in [0.25, 0.3) is 0 Å². The Labute approximate surface area is 124 Å². The highest BCUT2D eigenvalue weighted by molar-refractivity contribution is 9.10. The zero-order valence-electron chi connectivity index (χ0n) is 10.7. The lowest BCUT2D eigenvalue weighted by Crippen LogP contribution is -2.17. The van der Waals surface area contributed by atoms with Gasteiger partial charge in [0.2, 0.25) is 0 Å². The van der Waals surface area contributed by atoms with E-state index in [9.17, 15) is 8.78 Å². The molecule has 1 saturated carbocycles. The first kappa shape index (κ1) is 13.7. The van der Waals surface area contributed by atoms with Crippen LogP contribution in [0.1, 0.15) is 29.5 Å². The summed E-state index contributed by atoms with van der Waals surface area (Å²) in [5, 5.41) is 0. The zero-order valence-corrected chi connectivity index (χ0v) is 12.3. The highest BCUT2D eigenvalue weighted by atomic mass is 79.9. The predicted octanol–water partition coefficient (Wildman–Crippen LogP) is 4.53. The molecule has 3 rings (SSSR count). The molecular formula is C16H14BrF2N. The molecule has 0 saturated heterocycles. The summed E-state index contributed by atoms with van der Waals surface area (Å²) in [5.41, 5.74) is 7.27. The van der Waals surface area contributed by atoms with Gasteiger partial charge < -0.3 is 5.73 Å². The van der Waals surface area contributed by atoms with Crippen LogP contribution in [-0.2, 0) is 0 Å². The standard InChI is InChI=1S/C16H14BrF2N/c17-10-6-13(18)15(14(19)7-10)16(20)12-8-11(12)9-4-2-1-3-5-9/h1-7,11-12,16H,8,20H2. The molecule has 4 heteroatoms. The fraction of sp³-hybridized carbons (Fsp3) is 0.250. The quantitative estimate of drug-likeness (QED) is 0.874. The molecule has 0 bridgehead atoms. The number of halogens is 3. The van der Waals surface area contributed by atoms with Crippen molar-refractivity contribution in [2.75, 3.05) is 0 Å². The SMILES string of the molecule is NC(c1c(F)cc(Br)cc1F)C1CC1c1ccccc1. The Kier molecular flexibility index (Phi) is 3.61. The number of hydrogen-bond donors (Lipinski definition) is 1. The Hall–Kier alpha value is -1.26. The minimum Gasteiger partial charge on any atom is -0.324 e. The summed E-state index contributed by atoms with van der Waals surface area (Å²) >= 11 is 3.08. The number of rotatable bonds is 3. The lowest BCUT2D eigenvalue weighted by Gasteiger charge is -2.14. The van der Waals surface area contributed by atoms with Gasteiger partial charge in [0.05, 0.1) is 0 Å². The molecule has 2 N–H and O–H groups in total. The fourth-order valence-electron chi connectivity index (χ4n) is 2.78. The van der Waals surface area contributed by atoms with E-state index in [0.29, 0.717) is 10.4 Å². The van der Waals surface area contributed by atoms with Crippen LogP contribution < -0.4 is 5.73 Å². The molecule has 104 valence electrons. The predicted molar refractivity (Wildman–Crippen MR) is 78.3 cm³/mol. The summed E-state index contributed by atoms with van der Waals surface area (Å²) in [5.74, 6) is -0.762. The molecule has 0 aliphatic heterocycles. The monoisotopic (exact) mass is 337 g/mol. The van der Waals surface area contributed by atoms with Crippen LogP contribution in [0.4, 0.5) is 8.78 Å². The topological polar surface area (TPSA) is 26.0 Å². The highest BCUT2D eigenvalue weighted by Crippen LogP contribution is 2.53. The molecule has 0 radical (unpaired) electrons. The van der Waals surface area contributed by atoms with Gasteiger partial charge in [0.1, 0.15) is 11.6 Å². The van der Waals surface area contributed by atoms with Gasteiger partial charge in [0.25, 0.3) is 0 Å². The van der Waals surface area contributed by atoms with Gasteiger partial charge in [-0.1, -0.05) is 46.3 Å². The van der Waals surface area contributed by atoms with Crippen molar-refractivity contribution in [1.29, 1.82) is 0 Å². The summed E-state index contributed by atoms with van der Waals surface area (Å²) < 4.78 is 28.2. The molecule has 1 aliphatic rings. The van der Waals surface area contributed by atoms with E-state index < -0.39 is 17.7 Å². The van der Waals surface area contributed by atoms with Gasteiger partial charge in [-0.3, -0.25) is 0 Å². The minimum atomic E-state index is -0.603. The maximum Gasteiger partial charge on any atom is 0.132 e. The van der Waals surface area contributed by atoms with Gasteiger partial charge in [-0.2, -0.15) is 0 Å². The molecule has 1 fully saturated rings. The number of nitrogens with two attached hydrogens (primary N) is 1. The van der Waals surface area contributed by atoms with E-state index in [-0.39, 0.29) is 11.5 Å². The lowest BCUT2D eigenvalue weighted by molar-refractivity contribution is 0.498. The Morgan fingerprint density at radius 3 is 2.30 bits per heavy atom. The van der Waals surface area contributed by atoms with E-state index in [1.807, 2.05) is 30.3 Å². The van der Waals surface area contributed by atoms with E-state index in [1.54, 1.807) is 0 Å². The van der Waals surface area contributed by atoms with Gasteiger partial charge >= 0.3 is 0 Å². The molecular weight excluding hydrogens is 324 g/mol. The van der Waals surface area contributed by atoms with E-state index in [4.69, 9.17) is 5.73 Å². The average Bonchev–Trinajstić information content (AvgIpc) is 3.18. The molecule has 20 heavy (non-hydrogen) atoms. The van der Waals surface area contributed by atoms with E-state index in [1.165, 1.54) is 17.7 Å². The smallest absolute Gasteiger partial charge is 0.132 e. The third kappa shape index (κ3) is 2.50. The van der Waals surface area contributed by atoms with Gasteiger partial charge in [-0.15, -0.1) is 0 Å². The molecule has 1 aliphatic carbocycles. The van der Waals surface area contributed by atoms with Crippen molar-refractivity contribution in [2.45, 2.75) is 18.4 Å². The van der Waals surface area contributed by atoms with Crippen molar-refractivity contribution < 1.29 is 8.78 Å². The van der Waals surface area contributed by atoms with Gasteiger partial charge in [-0.25, -0.2) is 8.78 Å². The van der Waals surface area contributed by atoms with Crippen molar-refractivity contribution in [3.05, 3.63) is 69.7 Å². The van der Waals surface area contributed by atoms with Crippen LogP contribution in [0, 0.1) is 17.6 Å². The first-order valence-electron chi connectivity index (χ1n) is 6.53. The average molecular weight is 338 g/mol. The van der Waals surface area contributed by atoms with Crippen molar-refractivity contribution in [3.8, 4) is 0 Å². The Morgan fingerprint density at radius 1 is 1.10 bits per heavy atom. The lowest BCUT2D eigenvalue weighted by atomic mass is 9.98. The van der Waals surface area contributed by atoms with Crippen LogP contribution in [-0.4, -0.2) is 0 Å². The second kappa shape index (κ2) is 5.26. The maximum atomic E-state index is 13.9. The summed E-state index contributed by atoms with van der Waals surface area (Å²) in [6.45, 7) is 0. The normalized spacial score (nSPS) is 22.6. The molecule has 2 aromatic rings. The molecule has 0 heterocycles. The Balaban J connectivity index is 1.84. The largest absolute Gasteiger partial charge is 0.324 e. The molecule has 3 unspecified atom stereocenters. The summed E-state index contributed by atoms with van der Waals surface area (Å²) in [6.07, 6.45) is 0.875. The summed E-state index contributed by atoms with van der Waals surface area (Å²) in [7, 11) is 0. The maximum absolute atomic E-state index is 13.9. The van der Waals surface area contributed by atoms with Gasteiger partial charge in [0, 0.05) is 16.1 Å². The first-order valence-corrected chi connectivity index (χ1v) is 7.32. The molecule has 0 amide bonds. The van der Waals surface area contributed by atoms with Gasteiger partial charge in [0.15, 0.2) is 0 Å². The van der Waals surface area contributed by atoms with E-state index in [2.05, 4.69) is 15.9 Å². The third-order valence-electron chi connectivity index (χ3n) is 3.91. The van der Waals surface area contributed by atoms with Crippen molar-refractivity contribution in [3.63, 3.8) is 0 Å². The minimum absolute atomic E-state index is 0.00312. The highest BCUT2D eigenvalue weighted by Gasteiger charge is 2.44. The van der Waals surface area contributed by atoms with Crippen molar-refractivity contribution >= 4 is 15.9 Å². The van der Waals surface area contributed by atoms with Crippen molar-refractivity contribution in [1.82, 2.24) is 0 Å². The summed E-state index contributed by atoms with van der Waals surface area (Å²) in [4.78, 5) is 0. The fourth-order valence-corrected chi connectivity index (χ4v) is 3.18.